The third-order valence-electron chi connectivity index (χ3n) is 2.48. The fourth-order valence-corrected chi connectivity index (χ4v) is 1.94. The van der Waals surface area contributed by atoms with Crippen LogP contribution in [0.1, 0.15) is 26.3 Å². The second-order valence-corrected chi connectivity index (χ2v) is 4.44. The summed E-state index contributed by atoms with van der Waals surface area (Å²) in [4.78, 5) is 11.6. The first-order valence-electron chi connectivity index (χ1n) is 5.27. The van der Waals surface area contributed by atoms with E-state index in [1.54, 1.807) is 32.0 Å². The van der Waals surface area contributed by atoms with Crippen LogP contribution in [0.15, 0.2) is 23.8 Å². The highest BCUT2D eigenvalue weighted by atomic mass is 35.5. The average molecular weight is 273 g/mol. The van der Waals surface area contributed by atoms with Gasteiger partial charge < -0.3 is 4.74 Å². The first kappa shape index (κ1) is 14.1. The minimum Gasteiger partial charge on any atom is -0.463 e. The van der Waals surface area contributed by atoms with Gasteiger partial charge in [0.15, 0.2) is 0 Å². The number of ether oxygens (including phenoxy) is 1. The molecule has 1 aromatic rings. The summed E-state index contributed by atoms with van der Waals surface area (Å²) in [6.45, 7) is 5.69. The Morgan fingerprint density at radius 2 is 1.94 bits per heavy atom. The van der Waals surface area contributed by atoms with Gasteiger partial charge >= 0.3 is 5.97 Å². The third kappa shape index (κ3) is 3.48. The smallest absolute Gasteiger partial charge is 0.333 e. The quantitative estimate of drug-likeness (QED) is 0.604. The summed E-state index contributed by atoms with van der Waals surface area (Å²) in [5.74, 6) is -0.323. The molecule has 0 heterocycles. The van der Waals surface area contributed by atoms with Crippen LogP contribution in [0.3, 0.4) is 0 Å². The van der Waals surface area contributed by atoms with Crippen molar-refractivity contribution in [2.75, 3.05) is 6.61 Å². The highest BCUT2D eigenvalue weighted by Gasteiger charge is 2.12. The molecule has 0 aliphatic heterocycles. The molecule has 0 amide bonds. The fourth-order valence-electron chi connectivity index (χ4n) is 1.39. The Kier molecular flexibility index (Phi) is 5.03. The van der Waals surface area contributed by atoms with Crippen molar-refractivity contribution in [2.24, 2.45) is 0 Å². The van der Waals surface area contributed by atoms with Gasteiger partial charge in [-0.2, -0.15) is 0 Å². The van der Waals surface area contributed by atoms with Crippen molar-refractivity contribution in [3.8, 4) is 0 Å². The SMILES string of the molecule is CCOC(=O)/C(C)=C(/C)c1ccc(Cl)cc1Cl. The average Bonchev–Trinajstić information content (AvgIpc) is 2.27. The number of carbonyl (C=O) groups is 1. The van der Waals surface area contributed by atoms with Crippen LogP contribution in [-0.2, 0) is 9.53 Å². The molecule has 0 N–H and O–H groups in total. The standard InChI is InChI=1S/C13H14Cl2O2/c1-4-17-13(16)9(3)8(2)11-6-5-10(14)7-12(11)15/h5-7H,4H2,1-3H3/b9-8-. The van der Waals surface area contributed by atoms with Gasteiger partial charge in [0.25, 0.3) is 0 Å². The first-order valence-corrected chi connectivity index (χ1v) is 6.03. The summed E-state index contributed by atoms with van der Waals surface area (Å²) < 4.78 is 4.94. The fraction of sp³-hybridized carbons (Fsp3) is 0.308. The van der Waals surface area contributed by atoms with E-state index < -0.39 is 0 Å². The van der Waals surface area contributed by atoms with Crippen LogP contribution >= 0.6 is 23.2 Å². The topological polar surface area (TPSA) is 26.3 Å². The molecule has 2 nitrogen and oxygen atoms in total. The molecule has 92 valence electrons. The molecule has 1 aromatic carbocycles. The van der Waals surface area contributed by atoms with Crippen molar-refractivity contribution in [3.05, 3.63) is 39.4 Å². The van der Waals surface area contributed by atoms with Crippen LogP contribution in [0.5, 0.6) is 0 Å². The predicted octanol–water partition coefficient (Wildman–Crippen LogP) is 4.35. The summed E-state index contributed by atoms with van der Waals surface area (Å²) in [5, 5.41) is 1.10. The lowest BCUT2D eigenvalue weighted by molar-refractivity contribution is -0.138. The van der Waals surface area contributed by atoms with Crippen molar-refractivity contribution in [3.63, 3.8) is 0 Å². The molecule has 0 aliphatic rings. The molecule has 0 bridgehead atoms. The summed E-state index contributed by atoms with van der Waals surface area (Å²) in [5.41, 5.74) is 2.14. The second-order valence-electron chi connectivity index (χ2n) is 3.59. The Hall–Kier alpha value is -0.990. The van der Waals surface area contributed by atoms with Crippen LogP contribution in [0, 0.1) is 0 Å². The van der Waals surface area contributed by atoms with E-state index >= 15 is 0 Å². The highest BCUT2D eigenvalue weighted by Crippen LogP contribution is 2.28. The van der Waals surface area contributed by atoms with Gasteiger partial charge in [-0.1, -0.05) is 29.3 Å². The lowest BCUT2D eigenvalue weighted by atomic mass is 10.0. The molecule has 0 atom stereocenters. The van der Waals surface area contributed by atoms with E-state index in [4.69, 9.17) is 27.9 Å². The van der Waals surface area contributed by atoms with Crippen LogP contribution in [0.25, 0.3) is 5.57 Å². The van der Waals surface area contributed by atoms with Crippen molar-refractivity contribution in [2.45, 2.75) is 20.8 Å². The maximum Gasteiger partial charge on any atom is 0.333 e. The number of hydrogen-bond acceptors (Lipinski definition) is 2. The van der Waals surface area contributed by atoms with Gasteiger partial charge in [-0.3, -0.25) is 0 Å². The van der Waals surface area contributed by atoms with Crippen molar-refractivity contribution < 1.29 is 9.53 Å². The Labute approximate surface area is 111 Å². The lowest BCUT2D eigenvalue weighted by Gasteiger charge is -2.09. The van der Waals surface area contributed by atoms with Crippen molar-refractivity contribution in [1.82, 2.24) is 0 Å². The molecule has 1 rings (SSSR count). The van der Waals surface area contributed by atoms with Crippen LogP contribution in [-0.4, -0.2) is 12.6 Å². The van der Waals surface area contributed by atoms with Gasteiger partial charge in [-0.15, -0.1) is 0 Å². The molecule has 17 heavy (non-hydrogen) atoms. The van der Waals surface area contributed by atoms with Crippen LogP contribution in [0.4, 0.5) is 0 Å². The van der Waals surface area contributed by atoms with Gasteiger partial charge in [-0.25, -0.2) is 4.79 Å². The molecule has 0 radical (unpaired) electrons. The molecular formula is C13H14Cl2O2. The van der Waals surface area contributed by atoms with E-state index in [1.165, 1.54) is 0 Å². The predicted molar refractivity (Wildman–Crippen MR) is 71.4 cm³/mol. The first-order chi connectivity index (χ1) is 7.97. The molecule has 4 heteroatoms. The number of allylic oxidation sites excluding steroid dienone is 1. The minimum absolute atomic E-state index is 0.323. The zero-order valence-corrected chi connectivity index (χ0v) is 11.5. The number of rotatable bonds is 3. The molecule has 0 spiro atoms. The third-order valence-corrected chi connectivity index (χ3v) is 3.03. The number of esters is 1. The Morgan fingerprint density at radius 1 is 1.29 bits per heavy atom. The molecule has 0 unspecified atom stereocenters. The zero-order valence-electron chi connectivity index (χ0n) is 10.0. The molecule has 0 aliphatic carbocycles. The van der Waals surface area contributed by atoms with E-state index in [2.05, 4.69) is 0 Å². The Bertz CT molecular complexity index is 464. The van der Waals surface area contributed by atoms with Crippen molar-refractivity contribution in [1.29, 1.82) is 0 Å². The van der Waals surface area contributed by atoms with E-state index in [0.29, 0.717) is 22.2 Å². The number of benzene rings is 1. The Morgan fingerprint density at radius 3 is 2.47 bits per heavy atom. The van der Waals surface area contributed by atoms with Gasteiger partial charge in [0.1, 0.15) is 0 Å². The molecule has 0 saturated heterocycles. The zero-order chi connectivity index (χ0) is 13.0. The van der Waals surface area contributed by atoms with E-state index in [-0.39, 0.29) is 5.97 Å². The van der Waals surface area contributed by atoms with E-state index in [0.717, 1.165) is 11.1 Å². The van der Waals surface area contributed by atoms with Gasteiger partial charge in [0.2, 0.25) is 0 Å². The normalized spacial score (nSPS) is 12.1. The maximum atomic E-state index is 11.6. The van der Waals surface area contributed by atoms with Crippen molar-refractivity contribution >= 4 is 34.7 Å². The summed E-state index contributed by atoms with van der Waals surface area (Å²) in [6.07, 6.45) is 0. The lowest BCUT2D eigenvalue weighted by Crippen LogP contribution is -2.06. The molecule has 0 aromatic heterocycles. The Balaban J connectivity index is 3.14. The molecular weight excluding hydrogens is 259 g/mol. The van der Waals surface area contributed by atoms with Gasteiger partial charge in [0, 0.05) is 15.6 Å². The monoisotopic (exact) mass is 272 g/mol. The molecule has 0 saturated carbocycles. The highest BCUT2D eigenvalue weighted by molar-refractivity contribution is 6.35. The number of hydrogen-bond donors (Lipinski definition) is 0. The van der Waals surface area contributed by atoms with E-state index in [1.807, 2.05) is 6.92 Å². The number of carbonyl (C=O) groups excluding carboxylic acids is 1. The summed E-state index contributed by atoms with van der Waals surface area (Å²) in [7, 11) is 0. The minimum atomic E-state index is -0.323. The van der Waals surface area contributed by atoms with Crippen LogP contribution in [0.2, 0.25) is 10.0 Å². The van der Waals surface area contributed by atoms with Crippen LogP contribution < -0.4 is 0 Å². The van der Waals surface area contributed by atoms with Gasteiger partial charge in [0.05, 0.1) is 6.61 Å². The maximum absolute atomic E-state index is 11.6. The summed E-state index contributed by atoms with van der Waals surface area (Å²) in [6, 6.07) is 5.19. The largest absolute Gasteiger partial charge is 0.463 e. The number of halogens is 2. The molecule has 0 fully saturated rings. The van der Waals surface area contributed by atoms with Gasteiger partial charge in [-0.05, 0) is 44.0 Å². The second kappa shape index (κ2) is 6.08. The van der Waals surface area contributed by atoms with E-state index in [9.17, 15) is 4.79 Å². The summed E-state index contributed by atoms with van der Waals surface area (Å²) >= 11 is 11.9.